The van der Waals surface area contributed by atoms with Gasteiger partial charge in [0.15, 0.2) is 5.16 Å². The number of thioether (sulfide) groups is 1. The lowest BCUT2D eigenvalue weighted by molar-refractivity contribution is 0.892. The third-order valence-corrected chi connectivity index (χ3v) is 4.74. The number of hydrogen-bond acceptors (Lipinski definition) is 4. The van der Waals surface area contributed by atoms with Crippen LogP contribution < -0.4 is 5.56 Å². The van der Waals surface area contributed by atoms with Crippen molar-refractivity contribution < 1.29 is 0 Å². The van der Waals surface area contributed by atoms with E-state index in [0.29, 0.717) is 5.65 Å². The van der Waals surface area contributed by atoms with Crippen molar-refractivity contribution in [3.8, 4) is 5.69 Å². The van der Waals surface area contributed by atoms with Crippen LogP contribution in [-0.4, -0.2) is 24.9 Å². The Hall–Kier alpha value is -2.34. The van der Waals surface area contributed by atoms with E-state index in [1.165, 1.54) is 5.56 Å². The highest BCUT2D eigenvalue weighted by Crippen LogP contribution is 2.17. The predicted octanol–water partition coefficient (Wildman–Crippen LogP) is 3.17. The minimum atomic E-state index is -0.168. The molecule has 1 aromatic carbocycles. The van der Waals surface area contributed by atoms with Crippen LogP contribution in [0.1, 0.15) is 17.5 Å². The lowest BCUT2D eigenvalue weighted by atomic mass is 10.1. The van der Waals surface area contributed by atoms with Crippen LogP contribution in [0.3, 0.4) is 0 Å². The molecule has 0 unspecified atom stereocenters. The molecule has 0 N–H and O–H groups in total. The van der Waals surface area contributed by atoms with E-state index in [1.54, 1.807) is 26.9 Å². The quantitative estimate of drug-likeness (QED) is 0.410. The maximum absolute atomic E-state index is 12.7. The highest BCUT2D eigenvalue weighted by molar-refractivity contribution is 7.99. The van der Waals surface area contributed by atoms with E-state index >= 15 is 0 Å². The largest absolute Gasteiger partial charge is 0.300 e. The van der Waals surface area contributed by atoms with Gasteiger partial charge in [0.05, 0.1) is 0 Å². The summed E-state index contributed by atoms with van der Waals surface area (Å²) in [5.74, 6) is 0.866. The number of fused-ring (bicyclic) bond motifs is 1. The van der Waals surface area contributed by atoms with Crippen molar-refractivity contribution in [1.82, 2.24) is 19.2 Å². The molecule has 0 spiro atoms. The Morgan fingerprint density at radius 1 is 1.22 bits per heavy atom. The van der Waals surface area contributed by atoms with Crippen molar-refractivity contribution in [2.75, 3.05) is 5.75 Å². The van der Waals surface area contributed by atoms with Gasteiger partial charge >= 0.3 is 5.56 Å². The lowest BCUT2D eigenvalue weighted by Gasteiger charge is -2.08. The third kappa shape index (κ3) is 2.94. The van der Waals surface area contributed by atoms with Gasteiger partial charge in [0, 0.05) is 23.8 Å². The van der Waals surface area contributed by atoms with Gasteiger partial charge in [-0.1, -0.05) is 23.9 Å². The fourth-order valence-electron chi connectivity index (χ4n) is 2.28. The molecule has 118 valence electrons. The van der Waals surface area contributed by atoms with Crippen LogP contribution >= 0.6 is 11.8 Å². The van der Waals surface area contributed by atoms with Crippen LogP contribution in [0, 0.1) is 13.8 Å². The SMILES string of the molecule is C=CCCSc1nnc2c(=O)n(-c3ccc(C)c(C)c3)ccn12. The summed E-state index contributed by atoms with van der Waals surface area (Å²) < 4.78 is 3.35. The zero-order chi connectivity index (χ0) is 16.4. The van der Waals surface area contributed by atoms with Crippen LogP contribution in [0.25, 0.3) is 11.3 Å². The maximum atomic E-state index is 12.7. The molecule has 6 heteroatoms. The Balaban J connectivity index is 2.04. The Labute approximate surface area is 138 Å². The van der Waals surface area contributed by atoms with E-state index in [9.17, 15) is 4.79 Å². The van der Waals surface area contributed by atoms with E-state index in [0.717, 1.165) is 28.6 Å². The second kappa shape index (κ2) is 6.42. The van der Waals surface area contributed by atoms with Gasteiger partial charge < -0.3 is 0 Å². The summed E-state index contributed by atoms with van der Waals surface area (Å²) in [5, 5.41) is 8.91. The van der Waals surface area contributed by atoms with Crippen LogP contribution in [-0.2, 0) is 0 Å². The van der Waals surface area contributed by atoms with Crippen molar-refractivity contribution in [1.29, 1.82) is 0 Å². The number of aromatic nitrogens is 4. The van der Waals surface area contributed by atoms with Gasteiger partial charge in [0.1, 0.15) is 0 Å². The second-order valence-electron chi connectivity index (χ2n) is 5.34. The molecule has 0 saturated heterocycles. The summed E-state index contributed by atoms with van der Waals surface area (Å²) in [7, 11) is 0. The fraction of sp³-hybridized carbons (Fsp3) is 0.235. The molecule has 3 aromatic rings. The summed E-state index contributed by atoms with van der Waals surface area (Å²) in [5.41, 5.74) is 3.36. The first-order valence-electron chi connectivity index (χ1n) is 7.39. The Kier molecular flexibility index (Phi) is 4.34. The standard InChI is InChI=1S/C17H18N4OS/c1-4-5-10-23-17-19-18-15-16(22)20(8-9-21(15)17)14-7-6-12(2)13(3)11-14/h4,6-9,11H,1,5,10H2,2-3H3. The lowest BCUT2D eigenvalue weighted by Crippen LogP contribution is -2.20. The number of rotatable bonds is 5. The summed E-state index contributed by atoms with van der Waals surface area (Å²) >= 11 is 1.57. The average Bonchev–Trinajstić information content (AvgIpc) is 2.95. The van der Waals surface area contributed by atoms with Crippen molar-refractivity contribution in [2.24, 2.45) is 0 Å². The molecule has 23 heavy (non-hydrogen) atoms. The minimum Gasteiger partial charge on any atom is -0.280 e. The van der Waals surface area contributed by atoms with Gasteiger partial charge in [-0.2, -0.15) is 0 Å². The minimum absolute atomic E-state index is 0.168. The van der Waals surface area contributed by atoms with E-state index in [4.69, 9.17) is 0 Å². The Bertz CT molecular complexity index is 926. The summed E-state index contributed by atoms with van der Waals surface area (Å²) in [6.45, 7) is 7.79. The zero-order valence-corrected chi connectivity index (χ0v) is 14.0. The predicted molar refractivity (Wildman–Crippen MR) is 93.6 cm³/mol. The van der Waals surface area contributed by atoms with E-state index < -0.39 is 0 Å². The first-order valence-corrected chi connectivity index (χ1v) is 8.38. The number of aryl methyl sites for hydroxylation is 2. The molecular weight excluding hydrogens is 308 g/mol. The molecule has 0 saturated carbocycles. The van der Waals surface area contributed by atoms with Crippen LogP contribution in [0.15, 0.2) is 53.2 Å². The number of benzene rings is 1. The summed E-state index contributed by atoms with van der Waals surface area (Å²) in [6.07, 6.45) is 6.35. The summed E-state index contributed by atoms with van der Waals surface area (Å²) in [4.78, 5) is 12.7. The third-order valence-electron chi connectivity index (χ3n) is 3.76. The molecule has 0 aliphatic heterocycles. The molecule has 0 bridgehead atoms. The highest BCUT2D eigenvalue weighted by Gasteiger charge is 2.12. The summed E-state index contributed by atoms with van der Waals surface area (Å²) in [6, 6.07) is 5.96. The van der Waals surface area contributed by atoms with Crippen LogP contribution in [0.2, 0.25) is 0 Å². The number of hydrogen-bond donors (Lipinski definition) is 0. The van der Waals surface area contributed by atoms with E-state index in [1.807, 2.05) is 37.4 Å². The van der Waals surface area contributed by atoms with Gasteiger partial charge in [-0.05, 0) is 43.5 Å². The molecule has 0 fully saturated rings. The van der Waals surface area contributed by atoms with Crippen LogP contribution in [0.5, 0.6) is 0 Å². The number of allylic oxidation sites excluding steroid dienone is 1. The molecule has 2 aromatic heterocycles. The number of nitrogens with zero attached hydrogens (tertiary/aromatic N) is 4. The van der Waals surface area contributed by atoms with Gasteiger partial charge in [-0.15, -0.1) is 16.8 Å². The monoisotopic (exact) mass is 326 g/mol. The van der Waals surface area contributed by atoms with E-state index in [2.05, 4.69) is 23.7 Å². The maximum Gasteiger partial charge on any atom is 0.300 e. The fourth-order valence-corrected chi connectivity index (χ4v) is 3.13. The smallest absolute Gasteiger partial charge is 0.280 e. The molecule has 0 aliphatic rings. The molecule has 0 radical (unpaired) electrons. The van der Waals surface area contributed by atoms with Crippen molar-refractivity contribution in [3.05, 3.63) is 64.7 Å². The Morgan fingerprint density at radius 3 is 2.78 bits per heavy atom. The second-order valence-corrected chi connectivity index (χ2v) is 6.41. The van der Waals surface area contributed by atoms with Crippen molar-refractivity contribution >= 4 is 17.4 Å². The zero-order valence-electron chi connectivity index (χ0n) is 13.2. The molecule has 3 rings (SSSR count). The highest BCUT2D eigenvalue weighted by atomic mass is 32.2. The molecule has 2 heterocycles. The first kappa shape index (κ1) is 15.6. The normalized spacial score (nSPS) is 11.0. The average molecular weight is 326 g/mol. The molecule has 0 amide bonds. The van der Waals surface area contributed by atoms with Crippen LogP contribution in [0.4, 0.5) is 0 Å². The Morgan fingerprint density at radius 2 is 2.04 bits per heavy atom. The van der Waals surface area contributed by atoms with Crippen molar-refractivity contribution in [2.45, 2.75) is 25.4 Å². The van der Waals surface area contributed by atoms with Gasteiger partial charge in [0.25, 0.3) is 0 Å². The van der Waals surface area contributed by atoms with Crippen molar-refractivity contribution in [3.63, 3.8) is 0 Å². The topological polar surface area (TPSA) is 52.2 Å². The van der Waals surface area contributed by atoms with Gasteiger partial charge in [0.2, 0.25) is 5.65 Å². The molecule has 5 nitrogen and oxygen atoms in total. The van der Waals surface area contributed by atoms with Gasteiger partial charge in [-0.3, -0.25) is 13.8 Å². The molecule has 0 atom stereocenters. The molecular formula is C17H18N4OS. The first-order chi connectivity index (χ1) is 11.1. The van der Waals surface area contributed by atoms with Gasteiger partial charge in [-0.25, -0.2) is 0 Å². The molecule has 0 aliphatic carbocycles. The van der Waals surface area contributed by atoms with E-state index in [-0.39, 0.29) is 5.56 Å².